The Morgan fingerprint density at radius 3 is 2.22 bits per heavy atom. The molecule has 1 aliphatic rings. The summed E-state index contributed by atoms with van der Waals surface area (Å²) >= 11 is 0. The van der Waals surface area contributed by atoms with Gasteiger partial charge in [-0.25, -0.2) is 0 Å². The van der Waals surface area contributed by atoms with Gasteiger partial charge in [0.2, 0.25) is 0 Å². The Morgan fingerprint density at radius 2 is 1.63 bits per heavy atom. The number of piperidine rings is 1. The molecule has 0 aromatic rings. The maximum Gasteiger partial charge on any atom is 0.304 e. The number of likely N-dealkylation sites (tertiary alicyclic amines) is 1. The SMILES string of the molecule is CCN1CCC(CC=C(C)CCC=C(C)CCC=C(C)C)CC1OC(C)=O. The zero-order chi connectivity index (χ0) is 20.2. The Balaban J connectivity index is 2.38. The highest BCUT2D eigenvalue weighted by Gasteiger charge is 2.28. The number of carbonyl (C=O) groups excluding carboxylic acids is 1. The highest BCUT2D eigenvalue weighted by Crippen LogP contribution is 2.27. The Bertz CT molecular complexity index is 541. The van der Waals surface area contributed by atoms with Gasteiger partial charge in [0, 0.05) is 19.9 Å². The molecule has 1 rings (SSSR count). The molecule has 0 aromatic heterocycles. The van der Waals surface area contributed by atoms with Gasteiger partial charge in [0.05, 0.1) is 0 Å². The predicted molar refractivity (Wildman–Crippen MR) is 116 cm³/mol. The van der Waals surface area contributed by atoms with Crippen LogP contribution >= 0.6 is 0 Å². The smallest absolute Gasteiger partial charge is 0.304 e. The lowest BCUT2D eigenvalue weighted by Gasteiger charge is -2.37. The largest absolute Gasteiger partial charge is 0.447 e. The van der Waals surface area contributed by atoms with Gasteiger partial charge in [-0.1, -0.05) is 41.9 Å². The van der Waals surface area contributed by atoms with Gasteiger partial charge < -0.3 is 4.74 Å². The van der Waals surface area contributed by atoms with Gasteiger partial charge in [-0.2, -0.15) is 0 Å². The highest BCUT2D eigenvalue weighted by atomic mass is 16.6. The van der Waals surface area contributed by atoms with Crippen molar-refractivity contribution in [2.24, 2.45) is 5.92 Å². The minimum absolute atomic E-state index is 0.0358. The molecule has 2 unspecified atom stereocenters. The van der Waals surface area contributed by atoms with E-state index in [-0.39, 0.29) is 12.2 Å². The van der Waals surface area contributed by atoms with Crippen molar-refractivity contribution >= 4 is 5.97 Å². The summed E-state index contributed by atoms with van der Waals surface area (Å²) < 4.78 is 5.52. The van der Waals surface area contributed by atoms with Crippen LogP contribution in [0.4, 0.5) is 0 Å². The number of rotatable bonds is 10. The zero-order valence-corrected chi connectivity index (χ0v) is 18.5. The molecule has 2 atom stereocenters. The van der Waals surface area contributed by atoms with Gasteiger partial charge in [-0.05, 0) is 78.7 Å². The molecule has 3 heteroatoms. The van der Waals surface area contributed by atoms with Crippen molar-refractivity contribution in [3.05, 3.63) is 34.9 Å². The molecule has 0 bridgehead atoms. The minimum atomic E-state index is -0.169. The third kappa shape index (κ3) is 10.5. The number of carbonyl (C=O) groups is 1. The fraction of sp³-hybridized carbons (Fsp3) is 0.708. The summed E-state index contributed by atoms with van der Waals surface area (Å²) in [6.45, 7) is 14.4. The molecule has 0 aliphatic carbocycles. The summed E-state index contributed by atoms with van der Waals surface area (Å²) in [6, 6.07) is 0. The Kier molecular flexibility index (Phi) is 11.3. The molecule has 0 spiro atoms. The van der Waals surface area contributed by atoms with Gasteiger partial charge in [0.15, 0.2) is 6.23 Å². The summed E-state index contributed by atoms with van der Waals surface area (Å²) in [7, 11) is 0. The normalized spacial score (nSPS) is 21.9. The second kappa shape index (κ2) is 12.9. The molecule has 1 fully saturated rings. The van der Waals surface area contributed by atoms with E-state index in [1.165, 1.54) is 36.5 Å². The van der Waals surface area contributed by atoms with Gasteiger partial charge in [-0.15, -0.1) is 0 Å². The average molecular weight is 376 g/mol. The molecule has 154 valence electrons. The molecule has 0 saturated carbocycles. The van der Waals surface area contributed by atoms with E-state index in [1.54, 1.807) is 0 Å². The van der Waals surface area contributed by atoms with Crippen LogP contribution < -0.4 is 0 Å². The average Bonchev–Trinajstić information content (AvgIpc) is 2.59. The second-order valence-electron chi connectivity index (χ2n) is 8.28. The van der Waals surface area contributed by atoms with Gasteiger partial charge in [0.25, 0.3) is 0 Å². The summed E-state index contributed by atoms with van der Waals surface area (Å²) in [5.74, 6) is 0.450. The van der Waals surface area contributed by atoms with Crippen molar-refractivity contribution in [1.82, 2.24) is 4.90 Å². The Hall–Kier alpha value is -1.35. The number of hydrogen-bond donors (Lipinski definition) is 0. The van der Waals surface area contributed by atoms with Crippen molar-refractivity contribution in [2.45, 2.75) is 92.7 Å². The molecule has 0 N–H and O–H groups in total. The van der Waals surface area contributed by atoms with E-state index in [9.17, 15) is 4.79 Å². The molecular formula is C24H41NO2. The van der Waals surface area contributed by atoms with Crippen LogP contribution in [0.1, 0.15) is 86.5 Å². The van der Waals surface area contributed by atoms with Crippen LogP contribution in [0.15, 0.2) is 34.9 Å². The summed E-state index contributed by atoms with van der Waals surface area (Å²) in [5.41, 5.74) is 4.38. The van der Waals surface area contributed by atoms with Crippen molar-refractivity contribution in [1.29, 1.82) is 0 Å². The van der Waals surface area contributed by atoms with Gasteiger partial charge >= 0.3 is 5.97 Å². The fourth-order valence-electron chi connectivity index (χ4n) is 3.64. The lowest BCUT2D eigenvalue weighted by atomic mass is 9.91. The molecule has 3 nitrogen and oxygen atoms in total. The minimum Gasteiger partial charge on any atom is -0.447 e. The monoisotopic (exact) mass is 375 g/mol. The second-order valence-corrected chi connectivity index (χ2v) is 8.28. The van der Waals surface area contributed by atoms with Crippen LogP contribution in [0.2, 0.25) is 0 Å². The number of esters is 1. The van der Waals surface area contributed by atoms with Crippen LogP contribution in [0, 0.1) is 5.92 Å². The quantitative estimate of drug-likeness (QED) is 0.326. The van der Waals surface area contributed by atoms with Crippen LogP contribution in [0.3, 0.4) is 0 Å². The Morgan fingerprint density at radius 1 is 1.00 bits per heavy atom. The van der Waals surface area contributed by atoms with Gasteiger partial charge in [-0.3, -0.25) is 9.69 Å². The summed E-state index contributed by atoms with van der Waals surface area (Å²) in [4.78, 5) is 13.6. The van der Waals surface area contributed by atoms with Crippen LogP contribution in [-0.4, -0.2) is 30.2 Å². The zero-order valence-electron chi connectivity index (χ0n) is 18.5. The number of hydrogen-bond acceptors (Lipinski definition) is 3. The summed E-state index contributed by atoms with van der Waals surface area (Å²) in [5, 5.41) is 0. The lowest BCUT2D eigenvalue weighted by molar-refractivity contribution is -0.161. The highest BCUT2D eigenvalue weighted by molar-refractivity contribution is 5.66. The number of allylic oxidation sites excluding steroid dienone is 6. The number of ether oxygens (including phenoxy) is 1. The van der Waals surface area contributed by atoms with E-state index in [1.807, 2.05) is 0 Å². The van der Waals surface area contributed by atoms with E-state index in [2.05, 4.69) is 57.7 Å². The maximum atomic E-state index is 11.3. The summed E-state index contributed by atoms with van der Waals surface area (Å²) in [6.07, 6.45) is 14.9. The topological polar surface area (TPSA) is 29.5 Å². The molecule has 1 aliphatic heterocycles. The molecule has 0 amide bonds. The predicted octanol–water partition coefficient (Wildman–Crippen LogP) is 6.42. The molecule has 1 saturated heterocycles. The molecule has 27 heavy (non-hydrogen) atoms. The van der Waals surface area contributed by atoms with E-state index in [0.717, 1.165) is 45.2 Å². The first-order chi connectivity index (χ1) is 12.8. The van der Waals surface area contributed by atoms with Gasteiger partial charge in [0.1, 0.15) is 0 Å². The molecule has 0 radical (unpaired) electrons. The first-order valence-electron chi connectivity index (χ1n) is 10.7. The molecule has 0 aromatic carbocycles. The first kappa shape index (κ1) is 23.7. The fourth-order valence-corrected chi connectivity index (χ4v) is 3.64. The third-order valence-corrected chi connectivity index (χ3v) is 5.40. The van der Waals surface area contributed by atoms with Crippen molar-refractivity contribution in [3.63, 3.8) is 0 Å². The number of nitrogens with zero attached hydrogens (tertiary/aromatic N) is 1. The maximum absolute atomic E-state index is 11.3. The Labute approximate surface area is 167 Å². The van der Waals surface area contributed by atoms with Crippen LogP contribution in [-0.2, 0) is 9.53 Å². The lowest BCUT2D eigenvalue weighted by Crippen LogP contribution is -2.44. The van der Waals surface area contributed by atoms with E-state index in [0.29, 0.717) is 5.92 Å². The van der Waals surface area contributed by atoms with Crippen molar-refractivity contribution in [3.8, 4) is 0 Å². The van der Waals surface area contributed by atoms with E-state index < -0.39 is 0 Å². The first-order valence-corrected chi connectivity index (χ1v) is 10.7. The van der Waals surface area contributed by atoms with E-state index >= 15 is 0 Å². The van der Waals surface area contributed by atoms with Crippen molar-refractivity contribution < 1.29 is 9.53 Å². The van der Waals surface area contributed by atoms with Crippen LogP contribution in [0.25, 0.3) is 0 Å². The van der Waals surface area contributed by atoms with Crippen LogP contribution in [0.5, 0.6) is 0 Å². The standard InChI is InChI=1S/C24H41NO2/c1-7-25-17-16-23(18-24(25)27-22(6)26)15-14-21(5)13-9-12-20(4)11-8-10-19(2)3/h10,12,14,23-24H,7-9,11,13,15-18H2,1-6H3. The molecule has 1 heterocycles. The third-order valence-electron chi connectivity index (χ3n) is 5.40. The van der Waals surface area contributed by atoms with E-state index in [4.69, 9.17) is 4.74 Å². The molecular weight excluding hydrogens is 334 g/mol. The van der Waals surface area contributed by atoms with Crippen molar-refractivity contribution in [2.75, 3.05) is 13.1 Å².